The lowest BCUT2D eigenvalue weighted by atomic mass is 10.3. The highest BCUT2D eigenvalue weighted by Gasteiger charge is 2.19. The third-order valence-corrected chi connectivity index (χ3v) is 4.25. The van der Waals surface area contributed by atoms with E-state index in [1.54, 1.807) is 34.8 Å². The molecule has 0 atom stereocenters. The molecule has 4 rings (SSSR count). The summed E-state index contributed by atoms with van der Waals surface area (Å²) in [5, 5.41) is 18.4. The third-order valence-electron chi connectivity index (χ3n) is 3.02. The van der Waals surface area contributed by atoms with Gasteiger partial charge >= 0.3 is 0 Å². The Morgan fingerprint density at radius 2 is 2.00 bits per heavy atom. The standard InChI is InChI=1S/C12H8ClN7S/c1-19-9(8(13)6-15-19)10-16-17-12-20(10)18-11(21-12)7-2-4-14-5-3-7/h2-6H,1H3. The van der Waals surface area contributed by atoms with Crippen LogP contribution in [0, 0.1) is 0 Å². The highest BCUT2D eigenvalue weighted by atomic mass is 35.5. The van der Waals surface area contributed by atoms with E-state index in [2.05, 4.69) is 25.4 Å². The Kier molecular flexibility index (Phi) is 2.72. The number of rotatable bonds is 2. The molecular formula is C12H8ClN7S. The molecule has 4 aromatic heterocycles. The Labute approximate surface area is 127 Å². The van der Waals surface area contributed by atoms with Crippen molar-refractivity contribution in [2.75, 3.05) is 0 Å². The van der Waals surface area contributed by atoms with Gasteiger partial charge in [-0.15, -0.1) is 10.2 Å². The zero-order valence-corrected chi connectivity index (χ0v) is 12.4. The number of pyridine rings is 1. The van der Waals surface area contributed by atoms with Crippen LogP contribution in [-0.4, -0.2) is 34.6 Å². The van der Waals surface area contributed by atoms with E-state index in [4.69, 9.17) is 11.6 Å². The number of aryl methyl sites for hydroxylation is 1. The summed E-state index contributed by atoms with van der Waals surface area (Å²) in [5.41, 5.74) is 1.68. The van der Waals surface area contributed by atoms with Crippen LogP contribution < -0.4 is 0 Å². The number of hydrogen-bond donors (Lipinski definition) is 0. The average molecular weight is 318 g/mol. The number of fused-ring (bicyclic) bond motifs is 1. The summed E-state index contributed by atoms with van der Waals surface area (Å²) >= 11 is 7.62. The van der Waals surface area contributed by atoms with Crippen LogP contribution >= 0.6 is 22.9 Å². The highest BCUT2D eigenvalue weighted by molar-refractivity contribution is 7.19. The van der Waals surface area contributed by atoms with Crippen molar-refractivity contribution in [3.63, 3.8) is 0 Å². The highest BCUT2D eigenvalue weighted by Crippen LogP contribution is 2.30. The summed E-state index contributed by atoms with van der Waals surface area (Å²) in [5.74, 6) is 0.576. The molecule has 7 nitrogen and oxygen atoms in total. The van der Waals surface area contributed by atoms with Gasteiger partial charge in [0.2, 0.25) is 10.8 Å². The van der Waals surface area contributed by atoms with Crippen LogP contribution in [0.3, 0.4) is 0 Å². The SMILES string of the molecule is Cn1ncc(Cl)c1-c1nnc2sc(-c3ccncc3)nn12. The van der Waals surface area contributed by atoms with Gasteiger partial charge in [0, 0.05) is 25.0 Å². The maximum Gasteiger partial charge on any atom is 0.235 e. The third kappa shape index (κ3) is 1.91. The summed E-state index contributed by atoms with van der Waals surface area (Å²) < 4.78 is 3.34. The molecule has 0 saturated heterocycles. The number of aromatic nitrogens is 7. The van der Waals surface area contributed by atoms with Crippen LogP contribution in [0.5, 0.6) is 0 Å². The molecule has 0 fully saturated rings. The molecule has 9 heteroatoms. The second-order valence-electron chi connectivity index (χ2n) is 4.33. The van der Waals surface area contributed by atoms with Gasteiger partial charge in [0.1, 0.15) is 10.7 Å². The fourth-order valence-corrected chi connectivity index (χ4v) is 3.13. The molecule has 0 radical (unpaired) electrons. The average Bonchev–Trinajstić information content (AvgIpc) is 3.16. The number of nitrogens with zero attached hydrogens (tertiary/aromatic N) is 7. The Morgan fingerprint density at radius 1 is 1.19 bits per heavy atom. The van der Waals surface area contributed by atoms with E-state index in [9.17, 15) is 0 Å². The van der Waals surface area contributed by atoms with E-state index in [0.717, 1.165) is 10.6 Å². The predicted molar refractivity (Wildman–Crippen MR) is 79.1 cm³/mol. The molecule has 0 saturated carbocycles. The molecule has 0 aliphatic heterocycles. The van der Waals surface area contributed by atoms with Gasteiger partial charge in [-0.2, -0.15) is 14.7 Å². The first-order chi connectivity index (χ1) is 10.2. The van der Waals surface area contributed by atoms with Crippen LogP contribution in [0.1, 0.15) is 0 Å². The van der Waals surface area contributed by atoms with E-state index >= 15 is 0 Å². The zero-order valence-electron chi connectivity index (χ0n) is 10.8. The van der Waals surface area contributed by atoms with Crippen molar-refractivity contribution in [2.45, 2.75) is 0 Å². The van der Waals surface area contributed by atoms with Crippen LogP contribution in [0.4, 0.5) is 0 Å². The maximum atomic E-state index is 6.16. The van der Waals surface area contributed by atoms with Crippen LogP contribution in [-0.2, 0) is 7.05 Å². The molecular weight excluding hydrogens is 310 g/mol. The lowest BCUT2D eigenvalue weighted by Crippen LogP contribution is -1.99. The molecule has 0 aliphatic rings. The molecule has 4 aromatic rings. The Hall–Kier alpha value is -2.32. The molecule has 0 unspecified atom stereocenters. The molecule has 0 amide bonds. The van der Waals surface area contributed by atoms with Crippen molar-refractivity contribution in [3.05, 3.63) is 35.7 Å². The van der Waals surface area contributed by atoms with Crippen molar-refractivity contribution in [3.8, 4) is 22.1 Å². The summed E-state index contributed by atoms with van der Waals surface area (Å²) in [6.07, 6.45) is 5.04. The van der Waals surface area contributed by atoms with Crippen LogP contribution in [0.15, 0.2) is 30.7 Å². The molecule has 4 heterocycles. The van der Waals surface area contributed by atoms with E-state index < -0.39 is 0 Å². The van der Waals surface area contributed by atoms with Gasteiger partial charge in [-0.25, -0.2) is 0 Å². The van der Waals surface area contributed by atoms with Crippen molar-refractivity contribution < 1.29 is 0 Å². The predicted octanol–water partition coefficient (Wildman–Crippen LogP) is 2.30. The fraction of sp³-hybridized carbons (Fsp3) is 0.0833. The van der Waals surface area contributed by atoms with E-state index in [1.807, 2.05) is 12.1 Å². The topological polar surface area (TPSA) is 73.8 Å². The van der Waals surface area contributed by atoms with Crippen molar-refractivity contribution in [1.82, 2.24) is 34.6 Å². The summed E-state index contributed by atoms with van der Waals surface area (Å²) in [7, 11) is 1.80. The quantitative estimate of drug-likeness (QED) is 0.567. The largest absolute Gasteiger partial charge is 0.265 e. The summed E-state index contributed by atoms with van der Waals surface area (Å²) in [4.78, 5) is 4.71. The molecule has 104 valence electrons. The van der Waals surface area contributed by atoms with Gasteiger partial charge in [-0.3, -0.25) is 9.67 Å². The molecule has 0 N–H and O–H groups in total. The van der Waals surface area contributed by atoms with Crippen LogP contribution in [0.2, 0.25) is 5.02 Å². The lowest BCUT2D eigenvalue weighted by Gasteiger charge is -1.98. The van der Waals surface area contributed by atoms with Crippen molar-refractivity contribution in [2.24, 2.45) is 7.05 Å². The first kappa shape index (κ1) is 12.4. The minimum Gasteiger partial charge on any atom is -0.265 e. The number of hydrogen-bond acceptors (Lipinski definition) is 6. The molecule has 21 heavy (non-hydrogen) atoms. The lowest BCUT2D eigenvalue weighted by molar-refractivity contribution is 0.764. The van der Waals surface area contributed by atoms with Gasteiger partial charge in [0.15, 0.2) is 0 Å². The van der Waals surface area contributed by atoms with Crippen molar-refractivity contribution in [1.29, 1.82) is 0 Å². The Bertz CT molecular complexity index is 904. The molecule has 0 aliphatic carbocycles. The smallest absolute Gasteiger partial charge is 0.235 e. The van der Waals surface area contributed by atoms with E-state index in [1.165, 1.54) is 11.3 Å². The summed E-state index contributed by atoms with van der Waals surface area (Å²) in [6, 6.07) is 3.81. The normalized spacial score (nSPS) is 11.3. The second kappa shape index (κ2) is 4.61. The van der Waals surface area contributed by atoms with Gasteiger partial charge in [0.05, 0.1) is 11.2 Å². The first-order valence-corrected chi connectivity index (χ1v) is 7.24. The zero-order chi connectivity index (χ0) is 14.4. The van der Waals surface area contributed by atoms with Gasteiger partial charge in [-0.1, -0.05) is 22.9 Å². The number of halogens is 1. The van der Waals surface area contributed by atoms with Gasteiger partial charge < -0.3 is 0 Å². The minimum atomic E-state index is 0.519. The fourth-order valence-electron chi connectivity index (χ4n) is 2.04. The van der Waals surface area contributed by atoms with Crippen molar-refractivity contribution >= 4 is 27.9 Å². The summed E-state index contributed by atoms with van der Waals surface area (Å²) in [6.45, 7) is 0. The monoisotopic (exact) mass is 317 g/mol. The van der Waals surface area contributed by atoms with E-state index in [0.29, 0.717) is 21.5 Å². The first-order valence-electron chi connectivity index (χ1n) is 6.04. The van der Waals surface area contributed by atoms with E-state index in [-0.39, 0.29) is 0 Å². The second-order valence-corrected chi connectivity index (χ2v) is 5.69. The molecule has 0 spiro atoms. The Morgan fingerprint density at radius 3 is 2.71 bits per heavy atom. The van der Waals surface area contributed by atoms with Crippen LogP contribution in [0.25, 0.3) is 27.1 Å². The maximum absolute atomic E-state index is 6.16. The van der Waals surface area contributed by atoms with Gasteiger partial charge in [-0.05, 0) is 12.1 Å². The Balaban J connectivity index is 1.91. The van der Waals surface area contributed by atoms with Gasteiger partial charge in [0.25, 0.3) is 0 Å². The minimum absolute atomic E-state index is 0.519. The molecule has 0 aromatic carbocycles. The molecule has 0 bridgehead atoms.